The molecule has 1 amide bonds. The third-order valence-corrected chi connectivity index (χ3v) is 4.61. The van der Waals surface area contributed by atoms with E-state index in [2.05, 4.69) is 14.9 Å². The molecule has 0 aliphatic carbocycles. The second-order valence-corrected chi connectivity index (χ2v) is 7.01. The van der Waals surface area contributed by atoms with Crippen molar-refractivity contribution in [2.45, 2.75) is 46.2 Å². The average Bonchev–Trinajstić information content (AvgIpc) is 3.24. The molecule has 0 atom stereocenters. The van der Waals surface area contributed by atoms with Crippen LogP contribution in [0.5, 0.6) is 0 Å². The van der Waals surface area contributed by atoms with E-state index in [9.17, 15) is 4.79 Å². The highest BCUT2D eigenvalue weighted by Gasteiger charge is 2.26. The molecule has 1 fully saturated rings. The van der Waals surface area contributed by atoms with Crippen LogP contribution >= 0.6 is 11.6 Å². The van der Waals surface area contributed by atoms with E-state index in [1.807, 2.05) is 32.9 Å². The minimum atomic E-state index is -0.211. The highest BCUT2D eigenvalue weighted by molar-refractivity contribution is 6.33. The second-order valence-electron chi connectivity index (χ2n) is 6.60. The number of halogens is 1. The quantitative estimate of drug-likeness (QED) is 0.811. The van der Waals surface area contributed by atoms with Crippen molar-refractivity contribution >= 4 is 23.5 Å². The van der Waals surface area contributed by atoms with Crippen molar-refractivity contribution in [2.24, 2.45) is 0 Å². The molecule has 1 aliphatic rings. The van der Waals surface area contributed by atoms with Gasteiger partial charge in [-0.3, -0.25) is 4.79 Å². The van der Waals surface area contributed by atoms with Crippen LogP contribution in [0.4, 0.5) is 5.95 Å². The van der Waals surface area contributed by atoms with Crippen molar-refractivity contribution in [3.8, 4) is 0 Å². The second kappa shape index (κ2) is 7.44. The van der Waals surface area contributed by atoms with Crippen LogP contribution in [0.25, 0.3) is 0 Å². The zero-order chi connectivity index (χ0) is 18.0. The zero-order valence-corrected chi connectivity index (χ0v) is 15.6. The summed E-state index contributed by atoms with van der Waals surface area (Å²) >= 11 is 6.24. The van der Waals surface area contributed by atoms with E-state index in [-0.39, 0.29) is 22.7 Å². The van der Waals surface area contributed by atoms with Crippen molar-refractivity contribution < 1.29 is 9.21 Å². The molecule has 0 radical (unpaired) electrons. The lowest BCUT2D eigenvalue weighted by Crippen LogP contribution is -2.37. The van der Waals surface area contributed by atoms with Crippen LogP contribution < -0.4 is 4.90 Å². The van der Waals surface area contributed by atoms with Gasteiger partial charge in [-0.15, -0.1) is 0 Å². The van der Waals surface area contributed by atoms with Gasteiger partial charge in [-0.1, -0.05) is 11.6 Å². The fraction of sp³-hybridized carbons (Fsp3) is 0.500. The summed E-state index contributed by atoms with van der Waals surface area (Å²) in [4.78, 5) is 25.6. The maximum atomic E-state index is 13.1. The fourth-order valence-electron chi connectivity index (χ4n) is 2.94. The zero-order valence-electron chi connectivity index (χ0n) is 14.8. The third kappa shape index (κ3) is 3.95. The predicted octanol–water partition coefficient (Wildman–Crippen LogP) is 3.68. The molecule has 3 rings (SSSR count). The molecule has 2 aromatic rings. The summed E-state index contributed by atoms with van der Waals surface area (Å²) in [5.41, 5.74) is 0.246. The van der Waals surface area contributed by atoms with Gasteiger partial charge in [0, 0.05) is 19.1 Å². The average molecular weight is 363 g/mol. The van der Waals surface area contributed by atoms with Crippen LogP contribution in [0.3, 0.4) is 0 Å². The minimum absolute atomic E-state index is 0.0147. The molecule has 2 aromatic heterocycles. The van der Waals surface area contributed by atoms with E-state index >= 15 is 0 Å². The first-order valence-corrected chi connectivity index (χ1v) is 8.97. The van der Waals surface area contributed by atoms with Crippen LogP contribution in [-0.2, 0) is 6.54 Å². The summed E-state index contributed by atoms with van der Waals surface area (Å²) < 4.78 is 5.62. The molecule has 25 heavy (non-hydrogen) atoms. The van der Waals surface area contributed by atoms with E-state index in [0.29, 0.717) is 12.5 Å². The van der Waals surface area contributed by atoms with Crippen LogP contribution in [0.15, 0.2) is 22.7 Å². The van der Waals surface area contributed by atoms with Crippen LogP contribution in [-0.4, -0.2) is 39.9 Å². The largest absolute Gasteiger partial charge is 0.464 e. The Morgan fingerprint density at radius 3 is 2.68 bits per heavy atom. The lowest BCUT2D eigenvalue weighted by Gasteiger charge is -2.26. The number of rotatable bonds is 5. The van der Waals surface area contributed by atoms with E-state index in [0.717, 1.165) is 37.5 Å². The van der Waals surface area contributed by atoms with Crippen LogP contribution in [0.2, 0.25) is 5.02 Å². The Labute approximate surface area is 152 Å². The first-order valence-electron chi connectivity index (χ1n) is 8.59. The van der Waals surface area contributed by atoms with Gasteiger partial charge in [0.2, 0.25) is 5.95 Å². The lowest BCUT2D eigenvalue weighted by atomic mass is 10.2. The first kappa shape index (κ1) is 17.7. The summed E-state index contributed by atoms with van der Waals surface area (Å²) in [7, 11) is 0. The van der Waals surface area contributed by atoms with E-state index < -0.39 is 0 Å². The van der Waals surface area contributed by atoms with Crippen molar-refractivity contribution in [1.29, 1.82) is 0 Å². The van der Waals surface area contributed by atoms with Gasteiger partial charge in [-0.2, -0.15) is 0 Å². The highest BCUT2D eigenvalue weighted by Crippen LogP contribution is 2.23. The Hall–Kier alpha value is -2.08. The van der Waals surface area contributed by atoms with Crippen molar-refractivity contribution in [1.82, 2.24) is 14.9 Å². The van der Waals surface area contributed by atoms with Crippen molar-refractivity contribution in [3.63, 3.8) is 0 Å². The molecule has 0 bridgehead atoms. The number of aromatic nitrogens is 2. The maximum Gasteiger partial charge on any atom is 0.274 e. The Bertz CT molecular complexity index is 753. The molecule has 0 unspecified atom stereocenters. The molecule has 6 nitrogen and oxygen atoms in total. The number of hydrogen-bond acceptors (Lipinski definition) is 5. The number of aryl methyl sites for hydroxylation is 1. The molecule has 1 aliphatic heterocycles. The van der Waals surface area contributed by atoms with E-state index in [1.54, 1.807) is 4.90 Å². The number of furan rings is 1. The van der Waals surface area contributed by atoms with Gasteiger partial charge in [-0.25, -0.2) is 9.97 Å². The Kier molecular flexibility index (Phi) is 5.27. The maximum absolute atomic E-state index is 13.1. The number of hydrogen-bond donors (Lipinski definition) is 0. The van der Waals surface area contributed by atoms with Crippen LogP contribution in [0, 0.1) is 6.92 Å². The van der Waals surface area contributed by atoms with E-state index in [4.69, 9.17) is 16.0 Å². The summed E-state index contributed by atoms with van der Waals surface area (Å²) in [6, 6.07) is 3.76. The lowest BCUT2D eigenvalue weighted by molar-refractivity contribution is 0.0669. The topological polar surface area (TPSA) is 62.5 Å². The number of carbonyl (C=O) groups excluding carboxylic acids is 1. The number of anilines is 1. The molecule has 0 spiro atoms. The molecular formula is C18H23ClN4O2. The van der Waals surface area contributed by atoms with Crippen molar-refractivity contribution in [2.75, 3.05) is 18.0 Å². The van der Waals surface area contributed by atoms with Gasteiger partial charge in [0.1, 0.15) is 11.5 Å². The standard InChI is InChI=1S/C18H23ClN4O2/c1-12(2)23(11-14-7-6-13(3)25-14)17(24)16-15(19)10-20-18(21-16)22-8-4-5-9-22/h6-7,10,12H,4-5,8-9,11H2,1-3H3. The Morgan fingerprint density at radius 1 is 1.36 bits per heavy atom. The Morgan fingerprint density at radius 2 is 2.08 bits per heavy atom. The molecule has 7 heteroatoms. The van der Waals surface area contributed by atoms with Gasteiger partial charge in [-0.05, 0) is 45.7 Å². The molecule has 3 heterocycles. The summed E-state index contributed by atoms with van der Waals surface area (Å²) in [5.74, 6) is 1.92. The Balaban J connectivity index is 1.87. The molecule has 0 aromatic carbocycles. The number of carbonyl (C=O) groups is 1. The van der Waals surface area contributed by atoms with Crippen molar-refractivity contribution in [3.05, 3.63) is 40.6 Å². The predicted molar refractivity (Wildman–Crippen MR) is 96.9 cm³/mol. The molecule has 0 N–H and O–H groups in total. The number of nitrogens with zero attached hydrogens (tertiary/aromatic N) is 4. The number of amides is 1. The molecular weight excluding hydrogens is 340 g/mol. The summed E-state index contributed by atoms with van der Waals surface area (Å²) in [6.45, 7) is 8.01. The highest BCUT2D eigenvalue weighted by atomic mass is 35.5. The van der Waals surface area contributed by atoms with E-state index in [1.165, 1.54) is 6.20 Å². The molecule has 1 saturated heterocycles. The monoisotopic (exact) mass is 362 g/mol. The van der Waals surface area contributed by atoms with Gasteiger partial charge in [0.05, 0.1) is 17.8 Å². The van der Waals surface area contributed by atoms with Gasteiger partial charge < -0.3 is 14.2 Å². The van der Waals surface area contributed by atoms with Crippen LogP contribution in [0.1, 0.15) is 48.7 Å². The normalized spacial score (nSPS) is 14.4. The summed E-state index contributed by atoms with van der Waals surface area (Å²) in [6.07, 6.45) is 3.75. The fourth-order valence-corrected chi connectivity index (χ4v) is 3.11. The van der Waals surface area contributed by atoms with Gasteiger partial charge in [0.15, 0.2) is 5.69 Å². The molecule has 134 valence electrons. The first-order chi connectivity index (χ1) is 12.0. The smallest absolute Gasteiger partial charge is 0.274 e. The minimum Gasteiger partial charge on any atom is -0.464 e. The van der Waals surface area contributed by atoms with Gasteiger partial charge >= 0.3 is 0 Å². The summed E-state index contributed by atoms with van der Waals surface area (Å²) in [5, 5.41) is 0.272. The van der Waals surface area contributed by atoms with Gasteiger partial charge in [0.25, 0.3) is 5.91 Å². The SMILES string of the molecule is Cc1ccc(CN(C(=O)c2nc(N3CCCC3)ncc2Cl)C(C)C)o1. The molecule has 0 saturated carbocycles. The third-order valence-electron chi connectivity index (χ3n) is 4.33.